The number of fused-ring (bicyclic) bond motifs is 4. The number of benzene rings is 1. The molecule has 5 aliphatic rings. The molecule has 158 valence electrons. The van der Waals surface area contributed by atoms with Crippen molar-refractivity contribution < 1.29 is 0 Å². The second-order valence-corrected chi connectivity index (χ2v) is 8.59. The maximum atomic E-state index is 4.96. The van der Waals surface area contributed by atoms with Crippen LogP contribution in [-0.4, -0.2) is 22.8 Å². The summed E-state index contributed by atoms with van der Waals surface area (Å²) in [6, 6.07) is 4.37. The molecular weight excluding hydrogens is 404 g/mol. The molecule has 5 heterocycles. The molecule has 0 atom stereocenters. The molecule has 6 rings (SSSR count). The summed E-state index contributed by atoms with van der Waals surface area (Å²) >= 11 is 0. The maximum absolute atomic E-state index is 4.96. The first-order chi connectivity index (χ1) is 16.0. The number of nitrogens with zero attached hydrogens (tertiary/aromatic N) is 4. The van der Waals surface area contributed by atoms with Crippen molar-refractivity contribution in [3.05, 3.63) is 124 Å². The van der Waals surface area contributed by atoms with E-state index in [1.54, 1.807) is 0 Å². The molecule has 0 spiro atoms. The summed E-state index contributed by atoms with van der Waals surface area (Å²) in [4.78, 5) is 19.3. The molecule has 0 aromatic heterocycles. The van der Waals surface area contributed by atoms with Crippen LogP contribution in [0.15, 0.2) is 122 Å². The highest BCUT2D eigenvalue weighted by Gasteiger charge is 2.21. The second kappa shape index (κ2) is 7.45. The van der Waals surface area contributed by atoms with Crippen molar-refractivity contribution in [1.82, 2.24) is 0 Å². The predicted molar refractivity (Wildman–Crippen MR) is 138 cm³/mol. The van der Waals surface area contributed by atoms with Crippen LogP contribution in [0.25, 0.3) is 5.57 Å². The zero-order valence-corrected chi connectivity index (χ0v) is 18.8. The number of aryl methyl sites for hydroxylation is 1. The van der Waals surface area contributed by atoms with Gasteiger partial charge in [-0.3, -0.25) is 0 Å². The zero-order chi connectivity index (χ0) is 22.5. The fourth-order valence-corrected chi connectivity index (χ4v) is 4.39. The molecule has 0 N–H and O–H groups in total. The SMILES string of the molecule is Cc1ccc(C2=C3C=CC(=N3)C=C3C=CC(=N3)C=C3C=CC(=N3)C=C3C=CC2=N3)c(C)c1C. The number of hydrogen-bond donors (Lipinski definition) is 0. The summed E-state index contributed by atoms with van der Waals surface area (Å²) < 4.78 is 0. The van der Waals surface area contributed by atoms with Gasteiger partial charge in [0.05, 0.1) is 45.6 Å². The van der Waals surface area contributed by atoms with Gasteiger partial charge in [0.1, 0.15) is 0 Å². The van der Waals surface area contributed by atoms with Gasteiger partial charge < -0.3 is 0 Å². The van der Waals surface area contributed by atoms with Crippen LogP contribution in [0.4, 0.5) is 0 Å². The summed E-state index contributed by atoms with van der Waals surface area (Å²) in [5, 5.41) is 0. The summed E-state index contributed by atoms with van der Waals surface area (Å²) in [7, 11) is 0. The minimum absolute atomic E-state index is 0.882. The van der Waals surface area contributed by atoms with E-state index < -0.39 is 0 Å². The van der Waals surface area contributed by atoms with Gasteiger partial charge in [-0.15, -0.1) is 0 Å². The average Bonchev–Trinajstić information content (AvgIpc) is 3.59. The molecule has 4 nitrogen and oxygen atoms in total. The first kappa shape index (κ1) is 19.5. The van der Waals surface area contributed by atoms with E-state index in [-0.39, 0.29) is 0 Å². The Balaban J connectivity index is 1.59. The van der Waals surface area contributed by atoms with Gasteiger partial charge in [-0.25, -0.2) is 20.0 Å². The Morgan fingerprint density at radius 2 is 1.09 bits per heavy atom. The Hall–Kier alpha value is -4.18. The zero-order valence-electron chi connectivity index (χ0n) is 18.8. The molecule has 0 fully saturated rings. The molecule has 5 aliphatic heterocycles. The molecular formula is C29H22N4. The Morgan fingerprint density at radius 3 is 1.79 bits per heavy atom. The highest BCUT2D eigenvalue weighted by Crippen LogP contribution is 2.33. The highest BCUT2D eigenvalue weighted by atomic mass is 14.8. The van der Waals surface area contributed by atoms with Gasteiger partial charge in [0.2, 0.25) is 0 Å². The van der Waals surface area contributed by atoms with Crippen LogP contribution in [-0.2, 0) is 0 Å². The van der Waals surface area contributed by atoms with Crippen molar-refractivity contribution in [3.63, 3.8) is 0 Å². The van der Waals surface area contributed by atoms with E-state index >= 15 is 0 Å². The Morgan fingerprint density at radius 1 is 0.515 bits per heavy atom. The standard InChI is InChI=1S/C29H22N4/c1-17-4-11-26(19(3)18(17)2)29-27-12-9-24(32-27)15-22-7-5-20(30-22)14-21-6-8-23(31-21)16-25-10-13-28(29)33-25/h4-16H,1-3H3. The molecule has 1 aromatic rings. The molecule has 0 aliphatic carbocycles. The molecule has 0 saturated heterocycles. The third kappa shape index (κ3) is 3.50. The van der Waals surface area contributed by atoms with Crippen molar-refractivity contribution in [3.8, 4) is 0 Å². The Kier molecular flexibility index (Phi) is 4.40. The Labute approximate surface area is 193 Å². The molecule has 33 heavy (non-hydrogen) atoms. The van der Waals surface area contributed by atoms with E-state index in [1.807, 2.05) is 54.7 Å². The molecule has 1 aromatic carbocycles. The van der Waals surface area contributed by atoms with Gasteiger partial charge in [-0.1, -0.05) is 12.1 Å². The highest BCUT2D eigenvalue weighted by molar-refractivity contribution is 6.33. The summed E-state index contributed by atoms with van der Waals surface area (Å²) in [6.45, 7) is 6.50. The topological polar surface area (TPSA) is 49.4 Å². The van der Waals surface area contributed by atoms with Crippen molar-refractivity contribution in [2.75, 3.05) is 0 Å². The van der Waals surface area contributed by atoms with E-state index in [0.717, 1.165) is 56.8 Å². The molecule has 0 amide bonds. The minimum Gasteiger partial charge on any atom is -0.249 e. The van der Waals surface area contributed by atoms with Gasteiger partial charge in [-0.2, -0.15) is 0 Å². The largest absolute Gasteiger partial charge is 0.249 e. The lowest BCUT2D eigenvalue weighted by Crippen LogP contribution is -2.04. The fraction of sp³-hybridized carbons (Fsp3) is 0.103. The van der Waals surface area contributed by atoms with Crippen molar-refractivity contribution in [1.29, 1.82) is 0 Å². The van der Waals surface area contributed by atoms with E-state index in [9.17, 15) is 0 Å². The van der Waals surface area contributed by atoms with Crippen LogP contribution in [0.2, 0.25) is 0 Å². The van der Waals surface area contributed by atoms with Crippen LogP contribution in [0.5, 0.6) is 0 Å². The van der Waals surface area contributed by atoms with Gasteiger partial charge in [0.25, 0.3) is 0 Å². The van der Waals surface area contributed by atoms with E-state index in [0.29, 0.717) is 0 Å². The van der Waals surface area contributed by atoms with Crippen LogP contribution in [0, 0.1) is 20.8 Å². The number of allylic oxidation sites excluding steroid dienone is 12. The van der Waals surface area contributed by atoms with E-state index in [1.165, 1.54) is 16.7 Å². The van der Waals surface area contributed by atoms with E-state index in [2.05, 4.69) is 45.1 Å². The van der Waals surface area contributed by atoms with Crippen molar-refractivity contribution in [2.24, 2.45) is 20.0 Å². The summed E-state index contributed by atoms with van der Waals surface area (Å²) in [5.41, 5.74) is 13.2. The van der Waals surface area contributed by atoms with Gasteiger partial charge in [0, 0.05) is 5.57 Å². The third-order valence-corrected chi connectivity index (χ3v) is 6.42. The number of aliphatic imine (C=N–C) groups is 4. The predicted octanol–water partition coefficient (Wildman–Crippen LogP) is 6.03. The molecule has 0 radical (unpaired) electrons. The quantitative estimate of drug-likeness (QED) is 0.526. The molecule has 4 heteroatoms. The Bertz CT molecular complexity index is 1500. The van der Waals surface area contributed by atoms with Crippen molar-refractivity contribution >= 4 is 28.4 Å². The third-order valence-electron chi connectivity index (χ3n) is 6.42. The van der Waals surface area contributed by atoms with Gasteiger partial charge >= 0.3 is 0 Å². The normalized spacial score (nSPS) is 20.0. The number of hydrogen-bond acceptors (Lipinski definition) is 4. The molecule has 0 saturated carbocycles. The lowest BCUT2D eigenvalue weighted by Gasteiger charge is -2.15. The van der Waals surface area contributed by atoms with Gasteiger partial charge in [-0.05, 0) is 110 Å². The average molecular weight is 427 g/mol. The first-order valence-electron chi connectivity index (χ1n) is 11.1. The maximum Gasteiger partial charge on any atom is 0.0737 e. The smallest absolute Gasteiger partial charge is 0.0737 e. The second-order valence-electron chi connectivity index (χ2n) is 8.59. The van der Waals surface area contributed by atoms with Crippen molar-refractivity contribution in [2.45, 2.75) is 20.8 Å². The minimum atomic E-state index is 0.882. The van der Waals surface area contributed by atoms with Crippen LogP contribution in [0.3, 0.4) is 0 Å². The fourth-order valence-electron chi connectivity index (χ4n) is 4.39. The van der Waals surface area contributed by atoms with Crippen LogP contribution in [0.1, 0.15) is 22.3 Å². The summed E-state index contributed by atoms with van der Waals surface area (Å²) in [6.07, 6.45) is 22.3. The lowest BCUT2D eigenvalue weighted by molar-refractivity contribution is 1.25. The van der Waals surface area contributed by atoms with Gasteiger partial charge in [0.15, 0.2) is 0 Å². The lowest BCUT2D eigenvalue weighted by atomic mass is 9.90. The molecule has 0 unspecified atom stereocenters. The first-order valence-corrected chi connectivity index (χ1v) is 11.1. The van der Waals surface area contributed by atoms with Crippen LogP contribution >= 0.6 is 0 Å². The monoisotopic (exact) mass is 426 g/mol. The van der Waals surface area contributed by atoms with Crippen LogP contribution < -0.4 is 0 Å². The molecule has 8 bridgehead atoms. The summed E-state index contributed by atoms with van der Waals surface area (Å²) in [5.74, 6) is 0. The number of rotatable bonds is 1. The van der Waals surface area contributed by atoms with E-state index in [4.69, 9.17) is 20.0 Å².